The van der Waals surface area contributed by atoms with E-state index in [2.05, 4.69) is 155 Å². The number of hydrogen-bond donors (Lipinski definition) is 3. The van der Waals surface area contributed by atoms with Crippen molar-refractivity contribution in [3.8, 4) is 0 Å². The molecule has 3 N–H and O–H groups in total. The van der Waals surface area contributed by atoms with Crippen LogP contribution in [0.25, 0.3) is 0 Å². The molecule has 5 unspecified atom stereocenters. The third-order valence-corrected chi connectivity index (χ3v) is 16.9. The third kappa shape index (κ3) is 71.1. The Balaban J connectivity index is 5.50. The molecule has 17 nitrogen and oxygen atoms in total. The lowest BCUT2D eigenvalue weighted by Gasteiger charge is -2.21. The highest BCUT2D eigenvalue weighted by molar-refractivity contribution is 7.47. The van der Waals surface area contributed by atoms with Crippen LogP contribution in [-0.4, -0.2) is 96.7 Å². The van der Waals surface area contributed by atoms with Crippen molar-refractivity contribution in [1.29, 1.82) is 0 Å². The summed E-state index contributed by atoms with van der Waals surface area (Å²) >= 11 is 0. The number of allylic oxidation sites excluding steroid dienone is 25. The SMILES string of the molecule is CC/C=C\C/C=C\C/C=C\C/C=C\C/C=C\CC(=O)OCC(COP(=O)(O)OCC(O)COP(=O)(O)OCC(COC(=O)CCCC/C=C\C/C=C\C/C=C\C/C=C\CC)OC(=O)CCCCCCCCCCCCCCCCC)OC(=O)CCCC/C=C\C/C=C\C/C=C\C/C=C\CC. The van der Waals surface area contributed by atoms with Gasteiger partial charge in [-0.05, 0) is 128 Å². The van der Waals surface area contributed by atoms with Crippen molar-refractivity contribution in [1.82, 2.24) is 0 Å². The Morgan fingerprint density at radius 2 is 0.560 bits per heavy atom. The first-order chi connectivity index (χ1) is 48.7. The number of ether oxygens (including phenoxy) is 4. The van der Waals surface area contributed by atoms with Crippen molar-refractivity contribution in [2.45, 2.75) is 290 Å². The molecule has 5 atom stereocenters. The van der Waals surface area contributed by atoms with E-state index in [0.29, 0.717) is 32.1 Å². The van der Waals surface area contributed by atoms with Crippen molar-refractivity contribution in [3.05, 3.63) is 158 Å². The molecule has 0 saturated heterocycles. The van der Waals surface area contributed by atoms with Crippen LogP contribution in [0.3, 0.4) is 0 Å². The molecule has 0 aromatic carbocycles. The van der Waals surface area contributed by atoms with E-state index in [-0.39, 0.29) is 25.7 Å². The number of esters is 4. The second-order valence-corrected chi connectivity index (χ2v) is 27.4. The molecule has 0 aliphatic rings. The second-order valence-electron chi connectivity index (χ2n) is 24.5. The fraction of sp³-hybridized carbons (Fsp3) is 0.630. The molecule has 0 rings (SSSR count). The van der Waals surface area contributed by atoms with E-state index in [1.165, 1.54) is 64.2 Å². The van der Waals surface area contributed by atoms with Crippen LogP contribution < -0.4 is 0 Å². The van der Waals surface area contributed by atoms with Gasteiger partial charge in [0.05, 0.1) is 32.8 Å². The van der Waals surface area contributed by atoms with Gasteiger partial charge >= 0.3 is 39.5 Å². The van der Waals surface area contributed by atoms with Gasteiger partial charge in [-0.3, -0.25) is 37.3 Å². The Hall–Kier alpha value is -5.32. The van der Waals surface area contributed by atoms with Crippen LogP contribution in [0, 0.1) is 0 Å². The zero-order valence-electron chi connectivity index (χ0n) is 61.8. The smallest absolute Gasteiger partial charge is 0.462 e. The number of rotatable bonds is 69. The van der Waals surface area contributed by atoms with Gasteiger partial charge in [-0.25, -0.2) is 9.13 Å². The lowest BCUT2D eigenvalue weighted by atomic mass is 10.0. The van der Waals surface area contributed by atoms with E-state index in [9.17, 15) is 43.2 Å². The zero-order valence-corrected chi connectivity index (χ0v) is 63.6. The topological polar surface area (TPSA) is 237 Å². The summed E-state index contributed by atoms with van der Waals surface area (Å²) in [5, 5.41) is 10.6. The number of hydrogen-bond acceptors (Lipinski definition) is 15. The molecule has 0 aliphatic heterocycles. The molecule has 568 valence electrons. The minimum absolute atomic E-state index is 0.0172. The van der Waals surface area contributed by atoms with Crippen LogP contribution >= 0.6 is 15.6 Å². The Labute approximate surface area is 604 Å². The summed E-state index contributed by atoms with van der Waals surface area (Å²) in [5.41, 5.74) is 0. The van der Waals surface area contributed by atoms with Gasteiger partial charge < -0.3 is 33.8 Å². The normalized spacial score (nSPS) is 14.8. The highest BCUT2D eigenvalue weighted by Gasteiger charge is 2.30. The highest BCUT2D eigenvalue weighted by atomic mass is 31.2. The van der Waals surface area contributed by atoms with Gasteiger partial charge in [-0.1, -0.05) is 276 Å². The molecule has 100 heavy (non-hydrogen) atoms. The molecule has 0 amide bonds. The van der Waals surface area contributed by atoms with Gasteiger partial charge in [0.15, 0.2) is 12.2 Å². The maximum absolute atomic E-state index is 13.1. The average Bonchev–Trinajstić information content (AvgIpc) is 1.01. The summed E-state index contributed by atoms with van der Waals surface area (Å²) in [6.45, 7) is 4.30. The maximum Gasteiger partial charge on any atom is 0.472 e. The molecule has 0 bridgehead atoms. The fourth-order valence-corrected chi connectivity index (χ4v) is 11.0. The number of unbranched alkanes of at least 4 members (excludes halogenated alkanes) is 18. The predicted molar refractivity (Wildman–Crippen MR) is 408 cm³/mol. The number of aliphatic hydroxyl groups is 1. The number of carbonyl (C=O) groups excluding carboxylic acids is 4. The standard InChI is InChI=1S/C81H132O17P2/c1-5-9-13-17-21-25-29-33-37-41-45-49-53-57-61-65-78(83)91-71-76(97-80(85)67-63-59-55-51-47-43-39-35-31-27-23-19-15-11-7-3)73-95-99(87,88)93-69-75(82)70-94-100(89,90)96-74-77(98-81(86)68-64-60-56-52-48-44-40-36-32-28-24-20-16-12-8-4)72-92-79(84)66-62-58-54-50-46-42-38-34-30-26-22-18-14-10-6-2/h9-11,13-15,21-23,25-27,33-35,37-39,45-47,49-51,57,61,75-77,82H,5-8,12,16-20,24,28-32,36,40-44,48,52-56,58-60,62-74H2,1-4H3,(H,87,88)(H,89,90)/b13-9-,14-10-,15-11-,25-21-,26-22-,27-23-,37-33-,38-34-,39-35-,49-45-,50-46-,51-47-,61-57-. The van der Waals surface area contributed by atoms with Gasteiger partial charge in [0.2, 0.25) is 0 Å². The first-order valence-corrected chi connectivity index (χ1v) is 40.7. The number of carbonyl (C=O) groups is 4. The molecule has 19 heteroatoms. The van der Waals surface area contributed by atoms with E-state index in [0.717, 1.165) is 122 Å². The number of aliphatic hydroxyl groups excluding tert-OH is 1. The molecule has 0 spiro atoms. The van der Waals surface area contributed by atoms with Gasteiger partial charge in [0, 0.05) is 19.3 Å². The van der Waals surface area contributed by atoms with Crippen molar-refractivity contribution in [3.63, 3.8) is 0 Å². The summed E-state index contributed by atoms with van der Waals surface area (Å²) in [6.07, 6.45) is 82.8. The summed E-state index contributed by atoms with van der Waals surface area (Å²) < 4.78 is 68.2. The lowest BCUT2D eigenvalue weighted by molar-refractivity contribution is -0.161. The molecule has 0 heterocycles. The molecule has 0 radical (unpaired) electrons. The second kappa shape index (κ2) is 72.0. The van der Waals surface area contributed by atoms with Crippen LogP contribution in [-0.2, 0) is 65.4 Å². The summed E-state index contributed by atoms with van der Waals surface area (Å²) in [6, 6.07) is 0. The van der Waals surface area contributed by atoms with Crippen LogP contribution in [0.1, 0.15) is 272 Å². The molecule has 0 aromatic heterocycles. The van der Waals surface area contributed by atoms with Crippen molar-refractivity contribution in [2.75, 3.05) is 39.6 Å². The zero-order chi connectivity index (χ0) is 73.2. The van der Waals surface area contributed by atoms with Crippen LogP contribution in [0.5, 0.6) is 0 Å². The largest absolute Gasteiger partial charge is 0.472 e. The van der Waals surface area contributed by atoms with Crippen LogP contribution in [0.2, 0.25) is 0 Å². The molecular weight excluding hydrogens is 1310 g/mol. The first kappa shape index (κ1) is 94.7. The van der Waals surface area contributed by atoms with Crippen molar-refractivity contribution < 1.29 is 80.2 Å². The van der Waals surface area contributed by atoms with E-state index in [4.69, 9.17) is 37.0 Å². The Morgan fingerprint density at radius 3 is 0.890 bits per heavy atom. The summed E-state index contributed by atoms with van der Waals surface area (Å²) in [4.78, 5) is 72.8. The number of phosphoric acid groups is 2. The Morgan fingerprint density at radius 1 is 0.300 bits per heavy atom. The Kier molecular flexibility index (Phi) is 68.2. The third-order valence-electron chi connectivity index (χ3n) is 15.0. The minimum Gasteiger partial charge on any atom is -0.462 e. The minimum atomic E-state index is -5.01. The Bertz CT molecular complexity index is 2520. The van der Waals surface area contributed by atoms with E-state index < -0.39 is 97.5 Å². The molecule has 0 aromatic rings. The first-order valence-electron chi connectivity index (χ1n) is 37.7. The number of phosphoric ester groups is 2. The summed E-state index contributed by atoms with van der Waals surface area (Å²) in [7, 11) is -10.0. The summed E-state index contributed by atoms with van der Waals surface area (Å²) in [5.74, 6) is -2.43. The molecule has 0 saturated carbocycles. The molecule has 0 aliphatic carbocycles. The van der Waals surface area contributed by atoms with Gasteiger partial charge in [-0.15, -0.1) is 0 Å². The van der Waals surface area contributed by atoms with E-state index in [1.54, 1.807) is 6.08 Å². The van der Waals surface area contributed by atoms with E-state index in [1.807, 2.05) is 24.3 Å². The van der Waals surface area contributed by atoms with Gasteiger partial charge in [-0.2, -0.15) is 0 Å². The van der Waals surface area contributed by atoms with Crippen molar-refractivity contribution in [2.24, 2.45) is 0 Å². The monoisotopic (exact) mass is 1440 g/mol. The van der Waals surface area contributed by atoms with Gasteiger partial charge in [0.1, 0.15) is 19.3 Å². The highest BCUT2D eigenvalue weighted by Crippen LogP contribution is 2.45. The van der Waals surface area contributed by atoms with Crippen molar-refractivity contribution >= 4 is 39.5 Å². The maximum atomic E-state index is 13.1. The fourth-order valence-electron chi connectivity index (χ4n) is 9.39. The van der Waals surface area contributed by atoms with Crippen LogP contribution in [0.15, 0.2) is 158 Å². The van der Waals surface area contributed by atoms with Crippen LogP contribution in [0.4, 0.5) is 0 Å². The quantitative estimate of drug-likeness (QED) is 0.0169. The molecule has 0 fully saturated rings. The van der Waals surface area contributed by atoms with Gasteiger partial charge in [0.25, 0.3) is 0 Å². The average molecular weight is 1440 g/mol. The molecular formula is C81H132O17P2. The predicted octanol–water partition coefficient (Wildman–Crippen LogP) is 21.7. The van der Waals surface area contributed by atoms with E-state index >= 15 is 0 Å². The lowest BCUT2D eigenvalue weighted by Crippen LogP contribution is -2.30.